The van der Waals surface area contributed by atoms with Gasteiger partial charge in [0.2, 0.25) is 0 Å². The lowest BCUT2D eigenvalue weighted by molar-refractivity contribution is -0.167. The first-order valence-corrected chi connectivity index (χ1v) is 26.5. The molecule has 0 spiro atoms. The van der Waals surface area contributed by atoms with Gasteiger partial charge in [-0.15, -0.1) is 0 Å². The molecule has 0 aliphatic rings. The molecule has 0 aromatic carbocycles. The first-order valence-electron chi connectivity index (χ1n) is 26.5. The molecule has 0 fully saturated rings. The zero-order valence-electron chi connectivity index (χ0n) is 40.7. The number of carbonyl (C=O) groups excluding carboxylic acids is 3. The maximum absolute atomic E-state index is 12.7. The fraction of sp³-hybridized carbons (Fsp3) is 0.836. The number of hydrogen-bond donors (Lipinski definition) is 0. The number of esters is 3. The Morgan fingerprint density at radius 3 is 0.918 bits per heavy atom. The van der Waals surface area contributed by atoms with Crippen molar-refractivity contribution in [2.45, 2.75) is 284 Å². The molecule has 1 atom stereocenters. The average Bonchev–Trinajstić information content (AvgIpc) is 3.26. The molecule has 0 bridgehead atoms. The summed E-state index contributed by atoms with van der Waals surface area (Å²) in [4.78, 5) is 37.7. The highest BCUT2D eigenvalue weighted by molar-refractivity contribution is 5.71. The lowest BCUT2D eigenvalue weighted by atomic mass is 10.0. The van der Waals surface area contributed by atoms with Gasteiger partial charge in [0, 0.05) is 19.3 Å². The molecule has 0 aliphatic heterocycles. The minimum Gasteiger partial charge on any atom is -0.462 e. The van der Waals surface area contributed by atoms with Crippen LogP contribution in [-0.4, -0.2) is 37.2 Å². The zero-order chi connectivity index (χ0) is 44.4. The Morgan fingerprint density at radius 2 is 0.590 bits per heavy atom. The number of ether oxygens (including phenoxy) is 3. The summed E-state index contributed by atoms with van der Waals surface area (Å²) >= 11 is 0. The van der Waals surface area contributed by atoms with E-state index in [2.05, 4.69) is 57.2 Å². The molecule has 0 N–H and O–H groups in total. The molecule has 0 aliphatic carbocycles. The van der Waals surface area contributed by atoms with E-state index in [0.29, 0.717) is 19.3 Å². The van der Waals surface area contributed by atoms with Crippen molar-refractivity contribution in [3.05, 3.63) is 36.5 Å². The summed E-state index contributed by atoms with van der Waals surface area (Å²) in [5, 5.41) is 0. The minimum absolute atomic E-state index is 0.0750. The van der Waals surface area contributed by atoms with E-state index in [1.807, 2.05) is 0 Å². The van der Waals surface area contributed by atoms with Gasteiger partial charge in [-0.1, -0.05) is 218 Å². The van der Waals surface area contributed by atoms with Gasteiger partial charge in [0.25, 0.3) is 0 Å². The van der Waals surface area contributed by atoms with Crippen LogP contribution in [0.4, 0.5) is 0 Å². The summed E-state index contributed by atoms with van der Waals surface area (Å²) < 4.78 is 16.7. The van der Waals surface area contributed by atoms with E-state index in [4.69, 9.17) is 14.2 Å². The van der Waals surface area contributed by atoms with Gasteiger partial charge in [-0.05, 0) is 77.0 Å². The Balaban J connectivity index is 4.10. The van der Waals surface area contributed by atoms with Crippen LogP contribution in [0.2, 0.25) is 0 Å². The topological polar surface area (TPSA) is 78.9 Å². The van der Waals surface area contributed by atoms with Crippen LogP contribution >= 0.6 is 0 Å². The Kier molecular flexibility index (Phi) is 48.3. The summed E-state index contributed by atoms with van der Waals surface area (Å²) in [7, 11) is 0. The number of rotatable bonds is 48. The van der Waals surface area contributed by atoms with Crippen molar-refractivity contribution in [2.75, 3.05) is 13.2 Å². The summed E-state index contributed by atoms with van der Waals surface area (Å²) in [6, 6.07) is 0. The van der Waals surface area contributed by atoms with Crippen LogP contribution in [0, 0.1) is 0 Å². The predicted octanol–water partition coefficient (Wildman–Crippen LogP) is 17.3. The van der Waals surface area contributed by atoms with Crippen LogP contribution in [0.15, 0.2) is 36.5 Å². The Morgan fingerprint density at radius 1 is 0.328 bits per heavy atom. The third-order valence-electron chi connectivity index (χ3n) is 11.6. The molecule has 6 heteroatoms. The van der Waals surface area contributed by atoms with E-state index < -0.39 is 6.10 Å². The number of carbonyl (C=O) groups is 3. The highest BCUT2D eigenvalue weighted by atomic mass is 16.6. The first-order chi connectivity index (χ1) is 30.0. The van der Waals surface area contributed by atoms with Gasteiger partial charge in [0.1, 0.15) is 13.2 Å². The van der Waals surface area contributed by atoms with Crippen molar-refractivity contribution >= 4 is 17.9 Å². The smallest absolute Gasteiger partial charge is 0.306 e. The van der Waals surface area contributed by atoms with Crippen molar-refractivity contribution in [2.24, 2.45) is 0 Å². The molecule has 0 radical (unpaired) electrons. The van der Waals surface area contributed by atoms with Crippen molar-refractivity contribution in [1.82, 2.24) is 0 Å². The molecule has 0 saturated heterocycles. The monoisotopic (exact) mass is 857 g/mol. The summed E-state index contributed by atoms with van der Waals surface area (Å²) in [5.41, 5.74) is 0. The van der Waals surface area contributed by atoms with Gasteiger partial charge in [-0.25, -0.2) is 0 Å². The highest BCUT2D eigenvalue weighted by Crippen LogP contribution is 2.15. The maximum Gasteiger partial charge on any atom is 0.306 e. The second-order valence-electron chi connectivity index (χ2n) is 17.8. The molecule has 0 heterocycles. The van der Waals surface area contributed by atoms with Crippen molar-refractivity contribution < 1.29 is 28.6 Å². The molecule has 0 rings (SSSR count). The molecule has 356 valence electrons. The highest BCUT2D eigenvalue weighted by Gasteiger charge is 2.19. The van der Waals surface area contributed by atoms with Crippen LogP contribution in [0.25, 0.3) is 0 Å². The Bertz CT molecular complexity index is 1030. The minimum atomic E-state index is -0.771. The molecule has 0 aromatic rings. The van der Waals surface area contributed by atoms with Gasteiger partial charge in [-0.3, -0.25) is 14.4 Å². The zero-order valence-corrected chi connectivity index (χ0v) is 40.7. The molecular formula is C55H100O6. The summed E-state index contributed by atoms with van der Waals surface area (Å²) in [6.07, 6.45) is 58.8. The van der Waals surface area contributed by atoms with Gasteiger partial charge in [-0.2, -0.15) is 0 Å². The molecule has 61 heavy (non-hydrogen) atoms. The number of hydrogen-bond acceptors (Lipinski definition) is 6. The normalized spacial score (nSPS) is 12.2. The molecule has 0 aromatic heterocycles. The second-order valence-corrected chi connectivity index (χ2v) is 17.8. The molecule has 0 amide bonds. The van der Waals surface area contributed by atoms with E-state index in [1.165, 1.54) is 161 Å². The van der Waals surface area contributed by atoms with Crippen LogP contribution in [0.3, 0.4) is 0 Å². The van der Waals surface area contributed by atoms with E-state index in [-0.39, 0.29) is 31.1 Å². The summed E-state index contributed by atoms with van der Waals surface area (Å²) in [5.74, 6) is -0.891. The Labute approximate surface area is 378 Å². The van der Waals surface area contributed by atoms with Gasteiger partial charge in [0.15, 0.2) is 6.10 Å². The lowest BCUT2D eigenvalue weighted by Gasteiger charge is -2.18. The number of unbranched alkanes of at least 4 members (excludes halogenated alkanes) is 31. The Hall–Kier alpha value is -2.37. The maximum atomic E-state index is 12.7. The molecule has 6 nitrogen and oxygen atoms in total. The van der Waals surface area contributed by atoms with E-state index in [9.17, 15) is 14.4 Å². The summed E-state index contributed by atoms with van der Waals surface area (Å²) in [6.45, 7) is 6.55. The van der Waals surface area contributed by atoms with Crippen molar-refractivity contribution in [3.8, 4) is 0 Å². The van der Waals surface area contributed by atoms with Crippen LogP contribution < -0.4 is 0 Å². The quantitative estimate of drug-likeness (QED) is 0.0262. The lowest BCUT2D eigenvalue weighted by Crippen LogP contribution is -2.30. The number of allylic oxidation sites excluding steroid dienone is 6. The van der Waals surface area contributed by atoms with Crippen LogP contribution in [0.5, 0.6) is 0 Å². The largest absolute Gasteiger partial charge is 0.462 e. The van der Waals surface area contributed by atoms with E-state index >= 15 is 0 Å². The van der Waals surface area contributed by atoms with Gasteiger partial charge in [0.05, 0.1) is 0 Å². The van der Waals surface area contributed by atoms with E-state index in [1.54, 1.807) is 0 Å². The predicted molar refractivity (Wildman–Crippen MR) is 261 cm³/mol. The SMILES string of the molecule is CCCCCCC/C=C\C/C=C\CCCCCCCCCCCCCC(=O)OCC(COC(=O)CCCCCCC)OC(=O)CCCCCCC/C=C\CCCCCCCC. The third kappa shape index (κ3) is 48.5. The average molecular weight is 857 g/mol. The van der Waals surface area contributed by atoms with Crippen molar-refractivity contribution in [3.63, 3.8) is 0 Å². The molecule has 0 saturated carbocycles. The first kappa shape index (κ1) is 58.6. The molecular weight excluding hydrogens is 757 g/mol. The van der Waals surface area contributed by atoms with Gasteiger partial charge >= 0.3 is 17.9 Å². The molecule has 1 unspecified atom stereocenters. The van der Waals surface area contributed by atoms with Gasteiger partial charge < -0.3 is 14.2 Å². The second kappa shape index (κ2) is 50.3. The fourth-order valence-corrected chi connectivity index (χ4v) is 7.59. The standard InChI is InChI=1S/C55H100O6/c1-4-7-10-13-15-17-19-21-23-24-25-26-27-28-29-30-32-33-35-37-39-42-45-48-54(57)60-51-52(50-59-53(56)47-44-41-12-9-6-3)61-55(58)49-46-43-40-38-36-34-31-22-20-18-16-14-11-8-5-2/h19,21-22,24-25,31,52H,4-18,20,23,26-30,32-51H2,1-3H3/b21-19-,25-24-,31-22-. The van der Waals surface area contributed by atoms with Crippen LogP contribution in [-0.2, 0) is 28.6 Å². The van der Waals surface area contributed by atoms with Crippen molar-refractivity contribution in [1.29, 1.82) is 0 Å². The van der Waals surface area contributed by atoms with E-state index in [0.717, 1.165) is 77.0 Å². The van der Waals surface area contributed by atoms with Crippen LogP contribution in [0.1, 0.15) is 278 Å². The fourth-order valence-electron chi connectivity index (χ4n) is 7.59. The third-order valence-corrected chi connectivity index (χ3v) is 11.6.